The molecule has 14 heteroatoms. The van der Waals surface area contributed by atoms with Crippen molar-refractivity contribution in [3.05, 3.63) is 0 Å². The van der Waals surface area contributed by atoms with Crippen molar-refractivity contribution >= 4 is 29.4 Å². The maximum atomic E-state index is 13.7. The molecule has 4 fully saturated rings. The predicted molar refractivity (Wildman–Crippen MR) is 115 cm³/mol. The van der Waals surface area contributed by atoms with Gasteiger partial charge in [0.05, 0.1) is 6.04 Å². The highest BCUT2D eigenvalue weighted by molar-refractivity contribution is 6.35. The first-order valence-electron chi connectivity index (χ1n) is 11.7. The van der Waals surface area contributed by atoms with Crippen LogP contribution in [0, 0.1) is 11.8 Å². The lowest BCUT2D eigenvalue weighted by Crippen LogP contribution is -2.77. The van der Waals surface area contributed by atoms with Gasteiger partial charge in [0.2, 0.25) is 11.8 Å². The topological polar surface area (TPSA) is 143 Å². The zero-order valence-corrected chi connectivity index (χ0v) is 19.9. The Hall–Kier alpha value is -2.77. The number of rotatable bonds is 11. The molecule has 0 aromatic carbocycles. The summed E-state index contributed by atoms with van der Waals surface area (Å²) in [7, 11) is 0. The summed E-state index contributed by atoms with van der Waals surface area (Å²) in [6.07, 6.45) is -4.60. The third kappa shape index (κ3) is 6.92. The first kappa shape index (κ1) is 27.8. The van der Waals surface area contributed by atoms with Crippen LogP contribution < -0.4 is 21.3 Å². The third-order valence-corrected chi connectivity index (χ3v) is 6.65. The van der Waals surface area contributed by atoms with Gasteiger partial charge in [-0.15, -0.1) is 13.2 Å². The molecule has 3 atom stereocenters. The molecule has 202 valence electrons. The van der Waals surface area contributed by atoms with Crippen LogP contribution in [0.2, 0.25) is 0 Å². The molecule has 4 aliphatic rings. The fourth-order valence-electron chi connectivity index (χ4n) is 4.97. The number of Topliss-reactive ketones (excluding diaryl/α,β-unsaturated/α-hetero) is 1. The van der Waals surface area contributed by atoms with Gasteiger partial charge in [-0.05, 0) is 25.2 Å². The Kier molecular flexibility index (Phi) is 7.96. The Morgan fingerprint density at radius 2 is 1.72 bits per heavy atom. The molecule has 1 aliphatic heterocycles. The summed E-state index contributed by atoms with van der Waals surface area (Å²) in [5.74, 6) is -5.43. The van der Waals surface area contributed by atoms with E-state index in [2.05, 4.69) is 26.0 Å². The first-order valence-corrected chi connectivity index (χ1v) is 11.7. The number of ketones is 1. The van der Waals surface area contributed by atoms with Crippen molar-refractivity contribution in [2.75, 3.05) is 13.2 Å². The summed E-state index contributed by atoms with van der Waals surface area (Å²) < 4.78 is 54.6. The van der Waals surface area contributed by atoms with Gasteiger partial charge in [-0.1, -0.05) is 13.8 Å². The molecule has 0 aromatic heterocycles. The Labute approximate surface area is 204 Å². The number of hydrogen-bond acceptors (Lipinski definition) is 6. The van der Waals surface area contributed by atoms with Crippen molar-refractivity contribution in [2.45, 2.75) is 82.0 Å². The van der Waals surface area contributed by atoms with Crippen LogP contribution in [0.3, 0.4) is 0 Å². The van der Waals surface area contributed by atoms with Crippen LogP contribution in [0.15, 0.2) is 0 Å². The molecule has 3 aliphatic carbocycles. The molecule has 4 N–H and O–H groups in total. The highest BCUT2D eigenvalue weighted by Gasteiger charge is 2.70. The average molecular weight is 522 g/mol. The second kappa shape index (κ2) is 10.3. The van der Waals surface area contributed by atoms with Crippen molar-refractivity contribution < 1.29 is 46.3 Å². The number of carbonyl (C=O) groups is 5. The Morgan fingerprint density at radius 3 is 2.22 bits per heavy atom. The number of amides is 4. The fourth-order valence-corrected chi connectivity index (χ4v) is 4.97. The third-order valence-electron chi connectivity index (χ3n) is 6.65. The van der Waals surface area contributed by atoms with Crippen LogP contribution in [-0.4, -0.2) is 72.2 Å². The number of nitrogens with one attached hydrogen (secondary N) is 4. The Balaban J connectivity index is 1.64. The average Bonchev–Trinajstić information content (AvgIpc) is 3.12. The van der Waals surface area contributed by atoms with Crippen LogP contribution in [0.5, 0.6) is 0 Å². The van der Waals surface area contributed by atoms with E-state index in [0.29, 0.717) is 13.0 Å². The second-order valence-electron chi connectivity index (χ2n) is 10.3. The Bertz CT molecular complexity index is 905. The van der Waals surface area contributed by atoms with Gasteiger partial charge in [-0.25, -0.2) is 4.39 Å². The molecule has 3 saturated carbocycles. The van der Waals surface area contributed by atoms with Gasteiger partial charge < -0.3 is 21.3 Å². The maximum Gasteiger partial charge on any atom is 0.522 e. The minimum atomic E-state index is -5.07. The van der Waals surface area contributed by atoms with E-state index in [0.717, 1.165) is 0 Å². The standard InChI is InChI=1S/C22H30F4N4O6/c1-11(2)5-14(29-18(34)19(35)30-21-8-20(23,9-21)10-21)17(33)28-13(6-12-3-4-27-16(12)32)15(31)7-36-22(24,25)26/h11-14H,3-10H2,1-2H3,(H,27,32)(H,28,33)(H,29,34)(H,30,35)/t12-,13-,14-,20?,21?/m0/s1. The van der Waals surface area contributed by atoms with Crippen molar-refractivity contribution in [3.8, 4) is 0 Å². The highest BCUT2D eigenvalue weighted by atomic mass is 19.4. The summed E-state index contributed by atoms with van der Waals surface area (Å²) in [5.41, 5.74) is -2.05. The van der Waals surface area contributed by atoms with Crippen LogP contribution in [-0.2, 0) is 28.7 Å². The van der Waals surface area contributed by atoms with Crippen molar-refractivity contribution in [1.82, 2.24) is 21.3 Å². The lowest BCUT2D eigenvalue weighted by Gasteiger charge is -2.65. The van der Waals surface area contributed by atoms with Gasteiger partial charge in [0.1, 0.15) is 18.3 Å². The van der Waals surface area contributed by atoms with E-state index in [1.807, 2.05) is 0 Å². The molecule has 0 aromatic rings. The van der Waals surface area contributed by atoms with Gasteiger partial charge in [0.15, 0.2) is 5.78 Å². The summed E-state index contributed by atoms with van der Waals surface area (Å²) in [4.78, 5) is 62.1. The van der Waals surface area contributed by atoms with Gasteiger partial charge in [0.25, 0.3) is 0 Å². The summed E-state index contributed by atoms with van der Waals surface area (Å²) in [6.45, 7) is 2.42. The second-order valence-corrected chi connectivity index (χ2v) is 10.3. The number of hydrogen-bond donors (Lipinski definition) is 4. The van der Waals surface area contributed by atoms with Crippen LogP contribution in [0.4, 0.5) is 17.6 Å². The largest absolute Gasteiger partial charge is 0.522 e. The molecular weight excluding hydrogens is 492 g/mol. The van der Waals surface area contributed by atoms with E-state index < -0.39 is 71.6 Å². The molecule has 10 nitrogen and oxygen atoms in total. The molecule has 36 heavy (non-hydrogen) atoms. The quantitative estimate of drug-likeness (QED) is 0.229. The zero-order valence-electron chi connectivity index (χ0n) is 19.9. The lowest BCUT2D eigenvalue weighted by atomic mass is 9.47. The van der Waals surface area contributed by atoms with Gasteiger partial charge in [-0.2, -0.15) is 0 Å². The molecule has 0 spiro atoms. The zero-order chi connectivity index (χ0) is 26.9. The fraction of sp³-hybridized carbons (Fsp3) is 0.773. The van der Waals surface area contributed by atoms with E-state index >= 15 is 0 Å². The van der Waals surface area contributed by atoms with Gasteiger partial charge in [-0.3, -0.25) is 28.7 Å². The molecule has 4 rings (SSSR count). The molecule has 1 heterocycles. The SMILES string of the molecule is CC(C)C[C@H](NC(=O)C(=O)NC12CC(F)(C1)C2)C(=O)N[C@@H](C[C@@H]1CCNC1=O)C(=O)COC(F)(F)F. The highest BCUT2D eigenvalue weighted by Crippen LogP contribution is 2.62. The van der Waals surface area contributed by atoms with Crippen molar-refractivity contribution in [3.63, 3.8) is 0 Å². The van der Waals surface area contributed by atoms with Crippen LogP contribution in [0.25, 0.3) is 0 Å². The van der Waals surface area contributed by atoms with Gasteiger partial charge in [0, 0.05) is 37.3 Å². The number of halogens is 4. The van der Waals surface area contributed by atoms with Gasteiger partial charge >= 0.3 is 18.2 Å². The summed E-state index contributed by atoms with van der Waals surface area (Å²) >= 11 is 0. The van der Waals surface area contributed by atoms with E-state index in [1.54, 1.807) is 13.8 Å². The van der Waals surface area contributed by atoms with Crippen LogP contribution >= 0.6 is 0 Å². The molecule has 1 saturated heterocycles. The molecule has 0 unspecified atom stereocenters. The van der Waals surface area contributed by atoms with E-state index in [-0.39, 0.29) is 38.0 Å². The van der Waals surface area contributed by atoms with E-state index in [9.17, 15) is 41.5 Å². The smallest absolute Gasteiger partial charge is 0.356 e. The number of alkyl halides is 4. The molecule has 0 radical (unpaired) electrons. The minimum absolute atomic E-state index is 0.0491. The maximum absolute atomic E-state index is 13.7. The monoisotopic (exact) mass is 522 g/mol. The normalized spacial score (nSPS) is 28.3. The Morgan fingerprint density at radius 1 is 1.08 bits per heavy atom. The summed E-state index contributed by atoms with van der Waals surface area (Å²) in [5, 5.41) is 9.64. The molecular formula is C22H30F4N4O6. The van der Waals surface area contributed by atoms with Crippen molar-refractivity contribution in [1.29, 1.82) is 0 Å². The lowest BCUT2D eigenvalue weighted by molar-refractivity contribution is -0.321. The summed E-state index contributed by atoms with van der Waals surface area (Å²) in [6, 6.07) is -2.78. The van der Waals surface area contributed by atoms with E-state index in [4.69, 9.17) is 0 Å². The molecule has 2 bridgehead atoms. The first-order chi connectivity index (χ1) is 16.6. The molecule has 4 amide bonds. The predicted octanol–water partition coefficient (Wildman–Crippen LogP) is 0.395. The van der Waals surface area contributed by atoms with Crippen molar-refractivity contribution in [2.24, 2.45) is 11.8 Å². The number of carbonyl (C=O) groups excluding carboxylic acids is 5. The van der Waals surface area contributed by atoms with E-state index in [1.165, 1.54) is 0 Å². The number of ether oxygens (including phenoxy) is 1. The van der Waals surface area contributed by atoms with Crippen LogP contribution in [0.1, 0.15) is 52.4 Å². The minimum Gasteiger partial charge on any atom is -0.356 e.